The maximum atomic E-state index is 6.11. The van der Waals surface area contributed by atoms with Crippen LogP contribution in [0.2, 0.25) is 0 Å². The molecule has 0 aromatic carbocycles. The van der Waals surface area contributed by atoms with Crippen molar-refractivity contribution < 1.29 is 9.26 Å². The summed E-state index contributed by atoms with van der Waals surface area (Å²) in [4.78, 5) is 4.38. The summed E-state index contributed by atoms with van der Waals surface area (Å²) in [5.41, 5.74) is 7.14. The van der Waals surface area contributed by atoms with Crippen LogP contribution in [-0.4, -0.2) is 33.6 Å². The van der Waals surface area contributed by atoms with Crippen LogP contribution >= 0.6 is 0 Å². The molecule has 2 N–H and O–H groups in total. The third kappa shape index (κ3) is 2.73. The summed E-state index contributed by atoms with van der Waals surface area (Å²) in [6.07, 6.45) is 0.860. The monoisotopic (exact) mass is 279 g/mol. The minimum absolute atomic E-state index is 0.319. The highest BCUT2D eigenvalue weighted by Crippen LogP contribution is 2.22. The molecule has 0 aliphatic carbocycles. The molecular formula is C13H21N5O2. The molecule has 0 fully saturated rings. The van der Waals surface area contributed by atoms with Gasteiger partial charge >= 0.3 is 0 Å². The Morgan fingerprint density at radius 2 is 2.20 bits per heavy atom. The van der Waals surface area contributed by atoms with Crippen LogP contribution in [0.1, 0.15) is 32.3 Å². The van der Waals surface area contributed by atoms with Gasteiger partial charge in [-0.25, -0.2) is 0 Å². The summed E-state index contributed by atoms with van der Waals surface area (Å²) in [5, 5.41) is 8.43. The summed E-state index contributed by atoms with van der Waals surface area (Å²) in [5.74, 6) is 0.859. The lowest BCUT2D eigenvalue weighted by Gasteiger charge is -2.18. The van der Waals surface area contributed by atoms with Crippen LogP contribution in [0, 0.1) is 0 Å². The summed E-state index contributed by atoms with van der Waals surface area (Å²) >= 11 is 0. The van der Waals surface area contributed by atoms with Crippen molar-refractivity contribution in [3.05, 3.63) is 17.6 Å². The van der Waals surface area contributed by atoms with Gasteiger partial charge in [0.1, 0.15) is 11.2 Å². The van der Waals surface area contributed by atoms with Gasteiger partial charge in [0.25, 0.3) is 5.89 Å². The largest absolute Gasteiger partial charge is 0.382 e. The number of hydrogen-bond acceptors (Lipinski definition) is 6. The van der Waals surface area contributed by atoms with Gasteiger partial charge in [0.15, 0.2) is 5.82 Å². The molecule has 20 heavy (non-hydrogen) atoms. The molecule has 0 bridgehead atoms. The molecule has 0 amide bonds. The maximum Gasteiger partial charge on any atom is 0.276 e. The van der Waals surface area contributed by atoms with Gasteiger partial charge in [-0.1, -0.05) is 12.1 Å². The third-order valence-electron chi connectivity index (χ3n) is 3.09. The molecule has 2 heterocycles. The highest BCUT2D eigenvalue weighted by molar-refractivity contribution is 5.48. The minimum Gasteiger partial charge on any atom is -0.382 e. The first-order chi connectivity index (χ1) is 9.51. The Labute approximate surface area is 118 Å². The molecule has 2 rings (SSSR count). The molecule has 110 valence electrons. The first-order valence-corrected chi connectivity index (χ1v) is 6.71. The zero-order valence-electron chi connectivity index (χ0n) is 12.4. The summed E-state index contributed by atoms with van der Waals surface area (Å²) in [7, 11) is 1.59. The number of methoxy groups -OCH3 is 1. The molecule has 0 saturated carbocycles. The van der Waals surface area contributed by atoms with E-state index in [1.54, 1.807) is 14.0 Å². The van der Waals surface area contributed by atoms with E-state index in [4.69, 9.17) is 15.0 Å². The predicted molar refractivity (Wildman–Crippen MR) is 74.0 cm³/mol. The van der Waals surface area contributed by atoms with E-state index < -0.39 is 5.54 Å². The number of ether oxygens (including phenoxy) is 1. The molecule has 2 aromatic heterocycles. The smallest absolute Gasteiger partial charge is 0.276 e. The predicted octanol–water partition coefficient (Wildman–Crippen LogP) is 1.34. The van der Waals surface area contributed by atoms with E-state index in [2.05, 4.69) is 22.2 Å². The van der Waals surface area contributed by atoms with Crippen LogP contribution in [0.15, 0.2) is 10.6 Å². The number of aryl methyl sites for hydroxylation is 2. The first-order valence-electron chi connectivity index (χ1n) is 6.71. The zero-order chi connectivity index (χ0) is 14.8. The van der Waals surface area contributed by atoms with E-state index in [1.807, 2.05) is 17.7 Å². The molecule has 0 aliphatic rings. The van der Waals surface area contributed by atoms with Crippen molar-refractivity contribution in [3.8, 4) is 11.6 Å². The van der Waals surface area contributed by atoms with Crippen molar-refractivity contribution in [1.29, 1.82) is 0 Å². The Kier molecular flexibility index (Phi) is 4.20. The van der Waals surface area contributed by atoms with Crippen molar-refractivity contribution in [2.45, 2.75) is 39.3 Å². The van der Waals surface area contributed by atoms with Gasteiger partial charge in [-0.2, -0.15) is 10.1 Å². The average molecular weight is 279 g/mol. The molecule has 0 saturated heterocycles. The van der Waals surface area contributed by atoms with Crippen molar-refractivity contribution in [2.24, 2.45) is 5.73 Å². The van der Waals surface area contributed by atoms with Crippen molar-refractivity contribution in [3.63, 3.8) is 0 Å². The second-order valence-electron chi connectivity index (χ2n) is 4.96. The number of rotatable bonds is 6. The van der Waals surface area contributed by atoms with Crippen LogP contribution in [-0.2, 0) is 23.2 Å². The lowest BCUT2D eigenvalue weighted by Crippen LogP contribution is -2.38. The van der Waals surface area contributed by atoms with Crippen LogP contribution < -0.4 is 5.73 Å². The van der Waals surface area contributed by atoms with Crippen LogP contribution in [0.3, 0.4) is 0 Å². The van der Waals surface area contributed by atoms with Gasteiger partial charge in [0.05, 0.1) is 12.3 Å². The fourth-order valence-electron chi connectivity index (χ4n) is 1.98. The third-order valence-corrected chi connectivity index (χ3v) is 3.09. The van der Waals surface area contributed by atoms with Crippen molar-refractivity contribution in [1.82, 2.24) is 19.9 Å². The van der Waals surface area contributed by atoms with Gasteiger partial charge in [-0.15, -0.1) is 0 Å². The molecule has 7 nitrogen and oxygen atoms in total. The Bertz CT molecular complexity index is 573. The number of aromatic nitrogens is 4. The van der Waals surface area contributed by atoms with Gasteiger partial charge in [-0.3, -0.25) is 4.68 Å². The van der Waals surface area contributed by atoms with Gasteiger partial charge in [-0.05, 0) is 26.3 Å². The second-order valence-corrected chi connectivity index (χ2v) is 4.96. The second kappa shape index (κ2) is 5.72. The van der Waals surface area contributed by atoms with Crippen LogP contribution in [0.25, 0.3) is 11.6 Å². The molecule has 1 unspecified atom stereocenters. The quantitative estimate of drug-likeness (QED) is 0.857. The number of nitrogens with zero attached hydrogens (tertiary/aromatic N) is 4. The topological polar surface area (TPSA) is 92.0 Å². The molecule has 2 aromatic rings. The minimum atomic E-state index is -0.777. The van der Waals surface area contributed by atoms with Gasteiger partial charge in [0.2, 0.25) is 0 Å². The van der Waals surface area contributed by atoms with Crippen molar-refractivity contribution >= 4 is 0 Å². The Morgan fingerprint density at radius 1 is 1.45 bits per heavy atom. The highest BCUT2D eigenvalue weighted by atomic mass is 16.5. The van der Waals surface area contributed by atoms with E-state index in [-0.39, 0.29) is 0 Å². The lowest BCUT2D eigenvalue weighted by atomic mass is 10.1. The SMILES string of the molecule is CCc1cc(-c2nc(C(C)(N)COC)no2)n(CC)n1. The Balaban J connectivity index is 2.35. The number of nitrogens with two attached hydrogens (primary N) is 1. The van der Waals surface area contributed by atoms with Gasteiger partial charge < -0.3 is 15.0 Å². The van der Waals surface area contributed by atoms with Gasteiger partial charge in [0, 0.05) is 13.7 Å². The summed E-state index contributed by atoms with van der Waals surface area (Å²) < 4.78 is 12.3. The van der Waals surface area contributed by atoms with E-state index in [9.17, 15) is 0 Å². The van der Waals surface area contributed by atoms with E-state index in [0.717, 1.165) is 24.4 Å². The van der Waals surface area contributed by atoms with E-state index >= 15 is 0 Å². The average Bonchev–Trinajstić information content (AvgIpc) is 3.05. The molecule has 0 spiro atoms. The fourth-order valence-corrected chi connectivity index (χ4v) is 1.98. The normalized spacial score (nSPS) is 14.4. The van der Waals surface area contributed by atoms with Crippen LogP contribution in [0.4, 0.5) is 0 Å². The fraction of sp³-hybridized carbons (Fsp3) is 0.615. The molecule has 7 heteroatoms. The molecule has 0 aliphatic heterocycles. The molecular weight excluding hydrogens is 258 g/mol. The Morgan fingerprint density at radius 3 is 2.80 bits per heavy atom. The molecule has 0 radical (unpaired) electrons. The standard InChI is InChI=1S/C13H21N5O2/c1-5-9-7-10(18(6-2)16-9)11-15-12(17-20-11)13(3,14)8-19-4/h7H,5-6,8,14H2,1-4H3. The first kappa shape index (κ1) is 14.7. The number of hydrogen-bond donors (Lipinski definition) is 1. The van der Waals surface area contributed by atoms with Crippen LogP contribution in [0.5, 0.6) is 0 Å². The van der Waals surface area contributed by atoms with E-state index in [1.165, 1.54) is 0 Å². The van der Waals surface area contributed by atoms with E-state index in [0.29, 0.717) is 18.3 Å². The van der Waals surface area contributed by atoms with Crippen molar-refractivity contribution in [2.75, 3.05) is 13.7 Å². The Hall–Kier alpha value is -1.73. The highest BCUT2D eigenvalue weighted by Gasteiger charge is 2.28. The lowest BCUT2D eigenvalue weighted by molar-refractivity contribution is 0.135. The summed E-state index contributed by atoms with van der Waals surface area (Å²) in [6, 6.07) is 1.96. The summed E-state index contributed by atoms with van der Waals surface area (Å²) in [6.45, 7) is 6.94. The maximum absolute atomic E-state index is 6.11. The zero-order valence-corrected chi connectivity index (χ0v) is 12.4. The molecule has 1 atom stereocenters.